The third-order valence-corrected chi connectivity index (χ3v) is 4.24. The van der Waals surface area contributed by atoms with Gasteiger partial charge in [0.1, 0.15) is 39.6 Å². The van der Waals surface area contributed by atoms with Gasteiger partial charge in [0.2, 0.25) is 0 Å². The molecule has 13 heteroatoms. The van der Waals surface area contributed by atoms with Gasteiger partial charge in [-0.15, -0.1) is 29.9 Å². The summed E-state index contributed by atoms with van der Waals surface area (Å²) in [5.41, 5.74) is 0. The van der Waals surface area contributed by atoms with Gasteiger partial charge in [0.25, 0.3) is 0 Å². The summed E-state index contributed by atoms with van der Waals surface area (Å²) in [6, 6.07) is 0.535. The van der Waals surface area contributed by atoms with Crippen LogP contribution in [0.3, 0.4) is 0 Å². The van der Waals surface area contributed by atoms with Gasteiger partial charge in [-0.2, -0.15) is 0 Å². The molecule has 0 saturated carbocycles. The first-order valence-electron chi connectivity index (χ1n) is 12.5. The Morgan fingerprint density at radius 1 is 0.385 bits per heavy atom. The van der Waals surface area contributed by atoms with Crippen molar-refractivity contribution in [2.75, 3.05) is 52.9 Å². The first-order valence-corrected chi connectivity index (χ1v) is 12.5. The fourth-order valence-corrected chi connectivity index (χ4v) is 2.39. The second-order valence-electron chi connectivity index (χ2n) is 7.20. The van der Waals surface area contributed by atoms with Gasteiger partial charge >= 0.3 is 36.1 Å². The minimum atomic E-state index is 0.0666. The molecule has 2 rings (SSSR count). The van der Waals surface area contributed by atoms with E-state index in [9.17, 15) is 0 Å². The molecular formula is C26H36N6O7. The zero-order chi connectivity index (χ0) is 28.0. The average Bonchev–Trinajstić information content (AvgIpc) is 2.93. The molecule has 0 aliphatic carbocycles. The number of hydrogen-bond acceptors (Lipinski definition) is 13. The molecule has 0 unspecified atom stereocenters. The molecule has 0 atom stereocenters. The van der Waals surface area contributed by atoms with Crippen LogP contribution in [0.25, 0.3) is 0 Å². The highest BCUT2D eigenvalue weighted by Crippen LogP contribution is 2.16. The Morgan fingerprint density at radius 2 is 0.641 bits per heavy atom. The summed E-state index contributed by atoms with van der Waals surface area (Å²) in [5, 5.41) is 0. The van der Waals surface area contributed by atoms with Gasteiger partial charge in [0.05, 0.1) is 13.2 Å². The minimum absolute atomic E-state index is 0.0666. The second kappa shape index (κ2) is 19.8. The van der Waals surface area contributed by atoms with Gasteiger partial charge in [-0.1, -0.05) is 48.6 Å². The molecule has 212 valence electrons. The summed E-state index contributed by atoms with van der Waals surface area (Å²) < 4.78 is 38.7. The largest absolute Gasteiger partial charge is 0.461 e. The van der Waals surface area contributed by atoms with Crippen molar-refractivity contribution in [1.82, 2.24) is 29.9 Å². The van der Waals surface area contributed by atoms with Crippen LogP contribution in [0, 0.1) is 0 Å². The normalized spacial score (nSPS) is 11.6. The van der Waals surface area contributed by atoms with Gasteiger partial charge in [-0.05, 0) is 27.7 Å². The smallest absolute Gasteiger partial charge is 0.326 e. The van der Waals surface area contributed by atoms with Crippen LogP contribution in [0.1, 0.15) is 27.7 Å². The topological polar surface area (TPSA) is 142 Å². The molecular weight excluding hydrogens is 508 g/mol. The van der Waals surface area contributed by atoms with Crippen LogP contribution < -0.4 is 28.4 Å². The van der Waals surface area contributed by atoms with E-state index in [0.717, 1.165) is 0 Å². The lowest BCUT2D eigenvalue weighted by Crippen LogP contribution is -2.15. The van der Waals surface area contributed by atoms with Crippen molar-refractivity contribution in [2.45, 2.75) is 27.7 Å². The average molecular weight is 545 g/mol. The number of hydrogen-bond donors (Lipinski definition) is 0. The number of rotatable bonds is 20. The zero-order valence-corrected chi connectivity index (χ0v) is 22.8. The van der Waals surface area contributed by atoms with E-state index >= 15 is 0 Å². The van der Waals surface area contributed by atoms with Crippen molar-refractivity contribution < 1.29 is 33.2 Å². The van der Waals surface area contributed by atoms with E-state index in [1.807, 2.05) is 76.3 Å². The molecule has 0 spiro atoms. The van der Waals surface area contributed by atoms with E-state index in [-0.39, 0.29) is 62.5 Å². The number of ether oxygens (including phenoxy) is 7. The Labute approximate surface area is 228 Å². The molecule has 0 radical (unpaired) electrons. The molecule has 39 heavy (non-hydrogen) atoms. The predicted molar refractivity (Wildman–Crippen MR) is 143 cm³/mol. The van der Waals surface area contributed by atoms with Gasteiger partial charge in [0, 0.05) is 0 Å². The molecule has 0 N–H and O–H groups in total. The standard InChI is InChI=1S/C26H36N6O7/c1-5-9-13-34-21-27-22(35-14-10-6-2)30-25(29-21)38-19-17-33-18-20-39-26-31-23(36-15-11-7-3)28-24(32-26)37-16-12-8-4/h5-12H,13-20H2,1-4H3. The van der Waals surface area contributed by atoms with Gasteiger partial charge in [-0.25, -0.2) is 0 Å². The maximum absolute atomic E-state index is 5.59. The van der Waals surface area contributed by atoms with E-state index in [4.69, 9.17) is 33.2 Å². The second-order valence-corrected chi connectivity index (χ2v) is 7.20. The monoisotopic (exact) mass is 544 g/mol. The van der Waals surface area contributed by atoms with Crippen LogP contribution in [-0.2, 0) is 4.74 Å². The van der Waals surface area contributed by atoms with Crippen molar-refractivity contribution in [1.29, 1.82) is 0 Å². The van der Waals surface area contributed by atoms with Crippen LogP contribution in [0.4, 0.5) is 0 Å². The fraction of sp³-hybridized carbons (Fsp3) is 0.462. The highest BCUT2D eigenvalue weighted by Gasteiger charge is 2.11. The third kappa shape index (κ3) is 13.7. The van der Waals surface area contributed by atoms with E-state index < -0.39 is 0 Å². The number of aromatic nitrogens is 6. The first-order chi connectivity index (χ1) is 19.2. The van der Waals surface area contributed by atoms with Crippen LogP contribution in [0.2, 0.25) is 0 Å². The van der Waals surface area contributed by atoms with Gasteiger partial charge < -0.3 is 33.2 Å². The van der Waals surface area contributed by atoms with Crippen molar-refractivity contribution >= 4 is 0 Å². The van der Waals surface area contributed by atoms with Gasteiger partial charge in [0.15, 0.2) is 0 Å². The Balaban J connectivity index is 1.82. The lowest BCUT2D eigenvalue weighted by atomic mass is 10.6. The Bertz CT molecular complexity index is 927. The molecule has 0 bridgehead atoms. The van der Waals surface area contributed by atoms with E-state index in [1.165, 1.54) is 0 Å². The summed E-state index contributed by atoms with van der Waals surface area (Å²) in [6.45, 7) is 9.69. The van der Waals surface area contributed by atoms with E-state index in [0.29, 0.717) is 26.4 Å². The predicted octanol–water partition coefficient (Wildman–Crippen LogP) is 3.35. The van der Waals surface area contributed by atoms with Crippen LogP contribution in [0.15, 0.2) is 48.6 Å². The quantitative estimate of drug-likeness (QED) is 0.178. The molecule has 0 aliphatic rings. The number of allylic oxidation sites excluding steroid dienone is 4. The summed E-state index contributed by atoms with van der Waals surface area (Å²) in [6.07, 6.45) is 14.7. The third-order valence-electron chi connectivity index (χ3n) is 4.24. The van der Waals surface area contributed by atoms with E-state index in [2.05, 4.69) is 29.9 Å². The maximum atomic E-state index is 5.59. The van der Waals surface area contributed by atoms with Crippen molar-refractivity contribution in [3.05, 3.63) is 48.6 Å². The Kier molecular flexibility index (Phi) is 15.7. The lowest BCUT2D eigenvalue weighted by Gasteiger charge is -2.10. The lowest BCUT2D eigenvalue weighted by molar-refractivity contribution is 0.0705. The SMILES string of the molecule is CC=CCOc1nc(OCC=CC)nc(OCCOCCOc2nc(OCC=CC)nc(OCC=CC)n2)n1. The Morgan fingerprint density at radius 3 is 0.897 bits per heavy atom. The summed E-state index contributed by atoms with van der Waals surface area (Å²) in [7, 11) is 0. The molecule has 0 fully saturated rings. The summed E-state index contributed by atoms with van der Waals surface area (Å²) in [4.78, 5) is 24.8. The van der Waals surface area contributed by atoms with Crippen LogP contribution >= 0.6 is 0 Å². The molecule has 2 heterocycles. The highest BCUT2D eigenvalue weighted by atomic mass is 16.6. The fourth-order valence-electron chi connectivity index (χ4n) is 2.39. The minimum Gasteiger partial charge on any atom is -0.461 e. The number of nitrogens with zero attached hydrogens (tertiary/aromatic N) is 6. The van der Waals surface area contributed by atoms with E-state index in [1.54, 1.807) is 0 Å². The zero-order valence-electron chi connectivity index (χ0n) is 22.8. The van der Waals surface area contributed by atoms with Crippen molar-refractivity contribution in [3.63, 3.8) is 0 Å². The molecule has 13 nitrogen and oxygen atoms in total. The first kappa shape index (κ1) is 31.0. The Hall–Kier alpha value is -4.26. The molecule has 2 aromatic heterocycles. The van der Waals surface area contributed by atoms with Crippen molar-refractivity contribution in [2.24, 2.45) is 0 Å². The molecule has 0 amide bonds. The molecule has 0 aromatic carbocycles. The highest BCUT2D eigenvalue weighted by molar-refractivity contribution is 5.10. The molecule has 0 aliphatic heterocycles. The molecule has 2 aromatic rings. The van der Waals surface area contributed by atoms with Crippen LogP contribution in [-0.4, -0.2) is 82.8 Å². The summed E-state index contributed by atoms with van der Waals surface area (Å²) >= 11 is 0. The maximum Gasteiger partial charge on any atom is 0.326 e. The van der Waals surface area contributed by atoms with Gasteiger partial charge in [-0.3, -0.25) is 0 Å². The molecule has 0 saturated heterocycles. The van der Waals surface area contributed by atoms with Crippen LogP contribution in [0.5, 0.6) is 36.1 Å². The summed E-state index contributed by atoms with van der Waals surface area (Å²) in [5.74, 6) is 0. The van der Waals surface area contributed by atoms with Crippen molar-refractivity contribution in [3.8, 4) is 36.1 Å².